The van der Waals surface area contributed by atoms with Crippen LogP contribution < -0.4 is 10.5 Å². The van der Waals surface area contributed by atoms with Crippen molar-refractivity contribution in [3.05, 3.63) is 28.8 Å². The molecule has 0 aromatic heterocycles. The third-order valence-corrected chi connectivity index (χ3v) is 2.84. The van der Waals surface area contributed by atoms with Crippen molar-refractivity contribution in [2.45, 2.75) is 20.3 Å². The highest BCUT2D eigenvalue weighted by Gasteiger charge is 2.01. The molecule has 0 bridgehead atoms. The van der Waals surface area contributed by atoms with Gasteiger partial charge in [0.1, 0.15) is 5.75 Å². The third kappa shape index (κ3) is 4.10. The second-order valence-corrected chi connectivity index (χ2v) is 4.30. The highest BCUT2D eigenvalue weighted by atomic mass is 35.5. The molecule has 0 aliphatic carbocycles. The fourth-order valence-corrected chi connectivity index (χ4v) is 1.32. The summed E-state index contributed by atoms with van der Waals surface area (Å²) in [4.78, 5) is 0. The van der Waals surface area contributed by atoms with E-state index in [4.69, 9.17) is 22.1 Å². The number of benzene rings is 1. The van der Waals surface area contributed by atoms with Crippen LogP contribution in [0.1, 0.15) is 18.9 Å². The molecule has 0 aliphatic heterocycles. The lowest BCUT2D eigenvalue weighted by Crippen LogP contribution is -2.13. The molecule has 0 amide bonds. The first-order valence-corrected chi connectivity index (χ1v) is 5.60. The Labute approximate surface area is 96.4 Å². The number of ether oxygens (including phenoxy) is 1. The molecule has 0 heterocycles. The van der Waals surface area contributed by atoms with Crippen LogP contribution in [-0.4, -0.2) is 13.2 Å². The summed E-state index contributed by atoms with van der Waals surface area (Å²) in [6, 6.07) is 5.70. The topological polar surface area (TPSA) is 35.2 Å². The van der Waals surface area contributed by atoms with Gasteiger partial charge in [-0.3, -0.25) is 0 Å². The van der Waals surface area contributed by atoms with Gasteiger partial charge in [0.05, 0.1) is 6.61 Å². The lowest BCUT2D eigenvalue weighted by molar-refractivity contribution is 0.285. The maximum absolute atomic E-state index is 5.92. The molecule has 1 atom stereocenters. The fraction of sp³-hybridized carbons (Fsp3) is 0.500. The van der Waals surface area contributed by atoms with Crippen molar-refractivity contribution in [1.29, 1.82) is 0 Å². The van der Waals surface area contributed by atoms with Crippen LogP contribution in [0.4, 0.5) is 0 Å². The van der Waals surface area contributed by atoms with E-state index in [1.165, 1.54) is 0 Å². The minimum atomic E-state index is 0.512. The largest absolute Gasteiger partial charge is 0.494 e. The molecule has 3 heteroatoms. The quantitative estimate of drug-likeness (QED) is 0.840. The standard InChI is InChI=1S/C12H18ClNO/c1-9(8-14)5-6-15-11-3-4-12(13)10(2)7-11/h3-4,7,9H,5-6,8,14H2,1-2H3. The number of hydrogen-bond donors (Lipinski definition) is 1. The predicted octanol–water partition coefficient (Wildman–Crippen LogP) is 3.01. The lowest BCUT2D eigenvalue weighted by Gasteiger charge is -2.10. The van der Waals surface area contributed by atoms with Gasteiger partial charge in [-0.1, -0.05) is 18.5 Å². The highest BCUT2D eigenvalue weighted by Crippen LogP contribution is 2.21. The molecule has 15 heavy (non-hydrogen) atoms. The highest BCUT2D eigenvalue weighted by molar-refractivity contribution is 6.31. The third-order valence-electron chi connectivity index (χ3n) is 2.41. The van der Waals surface area contributed by atoms with E-state index in [-0.39, 0.29) is 0 Å². The molecule has 0 saturated carbocycles. The Morgan fingerprint density at radius 3 is 2.80 bits per heavy atom. The van der Waals surface area contributed by atoms with Crippen LogP contribution in [0.5, 0.6) is 5.75 Å². The monoisotopic (exact) mass is 227 g/mol. The van der Waals surface area contributed by atoms with Gasteiger partial charge in [0.2, 0.25) is 0 Å². The van der Waals surface area contributed by atoms with E-state index in [0.29, 0.717) is 19.1 Å². The van der Waals surface area contributed by atoms with Gasteiger partial charge in [0.15, 0.2) is 0 Å². The summed E-state index contributed by atoms with van der Waals surface area (Å²) in [6.07, 6.45) is 0.984. The van der Waals surface area contributed by atoms with E-state index in [0.717, 1.165) is 22.8 Å². The zero-order chi connectivity index (χ0) is 11.3. The molecule has 1 unspecified atom stereocenters. The molecule has 0 fully saturated rings. The number of hydrogen-bond acceptors (Lipinski definition) is 2. The van der Waals surface area contributed by atoms with Crippen molar-refractivity contribution in [3.63, 3.8) is 0 Å². The maximum atomic E-state index is 5.92. The Balaban J connectivity index is 2.41. The Bertz CT molecular complexity index is 314. The molecule has 0 radical (unpaired) electrons. The van der Waals surface area contributed by atoms with E-state index in [1.54, 1.807) is 0 Å². The molecular weight excluding hydrogens is 210 g/mol. The van der Waals surface area contributed by atoms with Crippen LogP contribution in [0.3, 0.4) is 0 Å². The first kappa shape index (κ1) is 12.3. The van der Waals surface area contributed by atoms with Gasteiger partial charge in [0.25, 0.3) is 0 Å². The average Bonchev–Trinajstić information content (AvgIpc) is 2.23. The minimum Gasteiger partial charge on any atom is -0.494 e. The summed E-state index contributed by atoms with van der Waals surface area (Å²) in [6.45, 7) is 5.51. The Kier molecular flexibility index (Phi) is 4.92. The lowest BCUT2D eigenvalue weighted by atomic mass is 10.1. The molecule has 0 spiro atoms. The van der Waals surface area contributed by atoms with Gasteiger partial charge in [-0.25, -0.2) is 0 Å². The van der Waals surface area contributed by atoms with Gasteiger partial charge in [0, 0.05) is 5.02 Å². The van der Waals surface area contributed by atoms with Crippen LogP contribution in [-0.2, 0) is 0 Å². The minimum absolute atomic E-state index is 0.512. The first-order valence-electron chi connectivity index (χ1n) is 5.22. The number of rotatable bonds is 5. The Hall–Kier alpha value is -0.730. The number of halogens is 1. The summed E-state index contributed by atoms with van der Waals surface area (Å²) < 4.78 is 5.60. The number of aryl methyl sites for hydroxylation is 1. The first-order chi connectivity index (χ1) is 7.13. The molecule has 0 saturated heterocycles. The van der Waals surface area contributed by atoms with Crippen molar-refractivity contribution in [1.82, 2.24) is 0 Å². The van der Waals surface area contributed by atoms with Crippen molar-refractivity contribution < 1.29 is 4.74 Å². The fourth-order valence-electron chi connectivity index (χ4n) is 1.20. The zero-order valence-electron chi connectivity index (χ0n) is 9.29. The molecule has 0 aliphatic rings. The summed E-state index contributed by atoms with van der Waals surface area (Å²) in [5, 5.41) is 0.776. The van der Waals surface area contributed by atoms with E-state index >= 15 is 0 Å². The van der Waals surface area contributed by atoms with Crippen molar-refractivity contribution in [3.8, 4) is 5.75 Å². The summed E-state index contributed by atoms with van der Waals surface area (Å²) in [5.74, 6) is 1.39. The molecule has 1 aromatic rings. The van der Waals surface area contributed by atoms with Gasteiger partial charge in [-0.05, 0) is 49.6 Å². The van der Waals surface area contributed by atoms with E-state index in [9.17, 15) is 0 Å². The Morgan fingerprint density at radius 2 is 2.20 bits per heavy atom. The normalized spacial score (nSPS) is 12.5. The maximum Gasteiger partial charge on any atom is 0.119 e. The Morgan fingerprint density at radius 1 is 1.47 bits per heavy atom. The zero-order valence-corrected chi connectivity index (χ0v) is 10.1. The SMILES string of the molecule is Cc1cc(OCCC(C)CN)ccc1Cl. The summed E-state index contributed by atoms with van der Waals surface area (Å²) in [7, 11) is 0. The smallest absolute Gasteiger partial charge is 0.119 e. The van der Waals surface area contributed by atoms with Crippen molar-refractivity contribution in [2.75, 3.05) is 13.2 Å². The summed E-state index contributed by atoms with van der Waals surface area (Å²) >= 11 is 5.92. The van der Waals surface area contributed by atoms with E-state index in [2.05, 4.69) is 6.92 Å². The predicted molar refractivity (Wildman–Crippen MR) is 64.5 cm³/mol. The molecule has 2 nitrogen and oxygen atoms in total. The van der Waals surface area contributed by atoms with Crippen LogP contribution in [0, 0.1) is 12.8 Å². The van der Waals surface area contributed by atoms with Crippen LogP contribution in [0.25, 0.3) is 0 Å². The van der Waals surface area contributed by atoms with Crippen molar-refractivity contribution >= 4 is 11.6 Å². The van der Waals surface area contributed by atoms with E-state index < -0.39 is 0 Å². The number of nitrogens with two attached hydrogens (primary N) is 1. The second kappa shape index (κ2) is 5.99. The molecule has 2 N–H and O–H groups in total. The summed E-state index contributed by atoms with van der Waals surface area (Å²) in [5.41, 5.74) is 6.57. The van der Waals surface area contributed by atoms with Gasteiger partial charge in [-0.15, -0.1) is 0 Å². The van der Waals surface area contributed by atoms with E-state index in [1.807, 2.05) is 25.1 Å². The van der Waals surface area contributed by atoms with Gasteiger partial charge < -0.3 is 10.5 Å². The van der Waals surface area contributed by atoms with Crippen molar-refractivity contribution in [2.24, 2.45) is 11.7 Å². The van der Waals surface area contributed by atoms with Gasteiger partial charge >= 0.3 is 0 Å². The second-order valence-electron chi connectivity index (χ2n) is 3.89. The molecule has 84 valence electrons. The van der Waals surface area contributed by atoms with Crippen LogP contribution >= 0.6 is 11.6 Å². The molecule has 1 rings (SSSR count). The average molecular weight is 228 g/mol. The van der Waals surface area contributed by atoms with Crippen LogP contribution in [0.15, 0.2) is 18.2 Å². The van der Waals surface area contributed by atoms with Crippen LogP contribution in [0.2, 0.25) is 5.02 Å². The molecule has 1 aromatic carbocycles. The van der Waals surface area contributed by atoms with Gasteiger partial charge in [-0.2, -0.15) is 0 Å². The molecular formula is C12H18ClNO.